The zero-order valence-corrected chi connectivity index (χ0v) is 12.3. The third kappa shape index (κ3) is 2.69. The van der Waals surface area contributed by atoms with Crippen LogP contribution < -0.4 is 10.7 Å². The van der Waals surface area contributed by atoms with E-state index in [0.29, 0.717) is 16.4 Å². The molecule has 102 valence electrons. The molecule has 0 saturated heterocycles. The van der Waals surface area contributed by atoms with Gasteiger partial charge >= 0.3 is 0 Å². The van der Waals surface area contributed by atoms with E-state index in [2.05, 4.69) is 15.3 Å². The smallest absolute Gasteiger partial charge is 0.189 e. The van der Waals surface area contributed by atoms with Crippen molar-refractivity contribution in [1.82, 2.24) is 9.97 Å². The van der Waals surface area contributed by atoms with Crippen LogP contribution in [0.2, 0.25) is 4.47 Å². The molecule has 20 heavy (non-hydrogen) atoms. The number of hydrogen-bond acceptors (Lipinski definition) is 4. The highest BCUT2D eigenvalue weighted by molar-refractivity contribution is 7.15. The summed E-state index contributed by atoms with van der Waals surface area (Å²) < 4.78 is 0.534. The van der Waals surface area contributed by atoms with E-state index < -0.39 is 0 Å². The highest BCUT2D eigenvalue weighted by Crippen LogP contribution is 2.20. The normalized spacial score (nSPS) is 10.9. The number of aryl methyl sites for hydroxylation is 1. The van der Waals surface area contributed by atoms with E-state index in [9.17, 15) is 4.79 Å². The molecule has 0 fully saturated rings. The minimum Gasteiger partial charge on any atom is -0.380 e. The Hall–Kier alpha value is -1.85. The maximum Gasteiger partial charge on any atom is 0.189 e. The maximum atomic E-state index is 12.0. The maximum absolute atomic E-state index is 12.0. The fourth-order valence-corrected chi connectivity index (χ4v) is 2.96. The quantitative estimate of drug-likeness (QED) is 0.778. The van der Waals surface area contributed by atoms with Crippen molar-refractivity contribution in [1.29, 1.82) is 0 Å². The van der Waals surface area contributed by atoms with Gasteiger partial charge < -0.3 is 10.3 Å². The molecule has 0 saturated carbocycles. The lowest BCUT2D eigenvalue weighted by Gasteiger charge is -2.06. The van der Waals surface area contributed by atoms with Gasteiger partial charge in [-0.05, 0) is 25.1 Å². The number of halogens is 1. The number of hydrogen-bond donors (Lipinski definition) is 2. The molecule has 0 aliphatic carbocycles. The number of rotatable bonds is 3. The van der Waals surface area contributed by atoms with Crippen LogP contribution in [0.1, 0.15) is 10.6 Å². The summed E-state index contributed by atoms with van der Waals surface area (Å²) in [5.41, 5.74) is 2.64. The van der Waals surface area contributed by atoms with E-state index in [1.54, 1.807) is 12.3 Å². The zero-order chi connectivity index (χ0) is 14.1. The molecule has 2 N–H and O–H groups in total. The Morgan fingerprint density at radius 2 is 2.25 bits per heavy atom. The zero-order valence-electron chi connectivity index (χ0n) is 10.7. The molecule has 0 aliphatic heterocycles. The van der Waals surface area contributed by atoms with E-state index in [1.165, 1.54) is 11.3 Å². The third-order valence-electron chi connectivity index (χ3n) is 2.96. The molecule has 1 aromatic carbocycles. The monoisotopic (exact) mass is 305 g/mol. The van der Waals surface area contributed by atoms with Gasteiger partial charge in [0.15, 0.2) is 9.90 Å². The van der Waals surface area contributed by atoms with Crippen molar-refractivity contribution in [2.75, 3.05) is 5.32 Å². The molecule has 0 amide bonds. The van der Waals surface area contributed by atoms with E-state index in [1.807, 2.05) is 25.1 Å². The highest BCUT2D eigenvalue weighted by Gasteiger charge is 2.03. The SMILES string of the molecule is Cc1cc(=O)c2cc(NCc3cnc(Cl)s3)ccc2[nH]1. The average Bonchev–Trinajstić information content (AvgIpc) is 2.82. The number of anilines is 1. The molecule has 0 aliphatic rings. The van der Waals surface area contributed by atoms with Crippen molar-refractivity contribution in [2.45, 2.75) is 13.5 Å². The molecule has 0 unspecified atom stereocenters. The number of aromatic nitrogens is 2. The molecule has 0 atom stereocenters. The Morgan fingerprint density at radius 1 is 1.40 bits per heavy atom. The van der Waals surface area contributed by atoms with Gasteiger partial charge in [-0.25, -0.2) is 4.98 Å². The van der Waals surface area contributed by atoms with Gasteiger partial charge in [-0.1, -0.05) is 11.6 Å². The van der Waals surface area contributed by atoms with Gasteiger partial charge in [0.25, 0.3) is 0 Å². The van der Waals surface area contributed by atoms with Crippen LogP contribution in [0.3, 0.4) is 0 Å². The summed E-state index contributed by atoms with van der Waals surface area (Å²) in [6.07, 6.45) is 1.75. The number of nitrogens with zero attached hydrogens (tertiary/aromatic N) is 1. The van der Waals surface area contributed by atoms with Crippen LogP contribution in [0.25, 0.3) is 10.9 Å². The minimum absolute atomic E-state index is 0.0285. The topological polar surface area (TPSA) is 57.8 Å². The molecule has 0 spiro atoms. The van der Waals surface area contributed by atoms with Crippen molar-refractivity contribution in [3.63, 3.8) is 0 Å². The highest BCUT2D eigenvalue weighted by atomic mass is 35.5. The number of aromatic amines is 1. The van der Waals surface area contributed by atoms with Gasteiger partial charge in [-0.3, -0.25) is 4.79 Å². The summed E-state index contributed by atoms with van der Waals surface area (Å²) in [6.45, 7) is 2.51. The molecule has 0 bridgehead atoms. The Balaban J connectivity index is 1.87. The summed E-state index contributed by atoms with van der Waals surface area (Å²) >= 11 is 7.23. The minimum atomic E-state index is 0.0285. The largest absolute Gasteiger partial charge is 0.380 e. The number of thiazole rings is 1. The first-order valence-corrected chi connectivity index (χ1v) is 7.29. The van der Waals surface area contributed by atoms with Crippen LogP contribution >= 0.6 is 22.9 Å². The Bertz CT molecular complexity index is 825. The predicted molar refractivity (Wildman–Crippen MR) is 83.8 cm³/mol. The lowest BCUT2D eigenvalue weighted by molar-refractivity contribution is 1.17. The van der Waals surface area contributed by atoms with Crippen molar-refractivity contribution in [2.24, 2.45) is 0 Å². The van der Waals surface area contributed by atoms with E-state index >= 15 is 0 Å². The van der Waals surface area contributed by atoms with Crippen molar-refractivity contribution < 1.29 is 0 Å². The van der Waals surface area contributed by atoms with Gasteiger partial charge in [0.2, 0.25) is 0 Å². The molecular weight excluding hydrogens is 294 g/mol. The molecular formula is C14H12ClN3OS. The fraction of sp³-hybridized carbons (Fsp3) is 0.143. The summed E-state index contributed by atoms with van der Waals surface area (Å²) in [4.78, 5) is 20.2. The molecule has 0 radical (unpaired) electrons. The second kappa shape index (κ2) is 5.26. The second-order valence-electron chi connectivity index (χ2n) is 4.51. The molecule has 2 heterocycles. The van der Waals surface area contributed by atoms with Crippen LogP contribution in [0, 0.1) is 6.92 Å². The third-order valence-corrected chi connectivity index (χ3v) is 4.07. The van der Waals surface area contributed by atoms with Crippen LogP contribution in [-0.2, 0) is 6.54 Å². The standard InChI is InChI=1S/C14H12ClN3OS/c1-8-4-13(19)11-5-9(2-3-12(11)18-8)16-6-10-7-17-14(15)20-10/h2-5,7,16H,6H2,1H3,(H,18,19). The van der Waals surface area contributed by atoms with Gasteiger partial charge in [-0.2, -0.15) is 0 Å². The van der Waals surface area contributed by atoms with Crippen molar-refractivity contribution >= 4 is 39.5 Å². The van der Waals surface area contributed by atoms with Gasteiger partial charge in [0.1, 0.15) is 0 Å². The predicted octanol–water partition coefficient (Wildman–Crippen LogP) is 3.56. The van der Waals surface area contributed by atoms with Crippen LogP contribution in [-0.4, -0.2) is 9.97 Å². The Kier molecular flexibility index (Phi) is 3.46. The van der Waals surface area contributed by atoms with Crippen LogP contribution in [0.15, 0.2) is 35.3 Å². The average molecular weight is 306 g/mol. The molecule has 3 rings (SSSR count). The lowest BCUT2D eigenvalue weighted by atomic mass is 10.1. The van der Waals surface area contributed by atoms with Crippen molar-refractivity contribution in [3.05, 3.63) is 55.7 Å². The molecule has 4 nitrogen and oxygen atoms in total. The number of H-pyrrole nitrogens is 1. The van der Waals surface area contributed by atoms with E-state index in [4.69, 9.17) is 11.6 Å². The first-order valence-electron chi connectivity index (χ1n) is 6.09. The van der Waals surface area contributed by atoms with Gasteiger partial charge in [0, 0.05) is 39.4 Å². The molecule has 3 aromatic rings. The Labute approximate surface area is 124 Å². The summed E-state index contributed by atoms with van der Waals surface area (Å²) in [7, 11) is 0. The summed E-state index contributed by atoms with van der Waals surface area (Å²) in [5.74, 6) is 0. The molecule has 2 aromatic heterocycles. The number of benzene rings is 1. The van der Waals surface area contributed by atoms with Gasteiger partial charge in [-0.15, -0.1) is 11.3 Å². The summed E-state index contributed by atoms with van der Waals surface area (Å²) in [5, 5.41) is 3.95. The van der Waals surface area contributed by atoms with Crippen LogP contribution in [0.4, 0.5) is 5.69 Å². The number of nitrogens with one attached hydrogen (secondary N) is 2. The van der Waals surface area contributed by atoms with Crippen molar-refractivity contribution in [3.8, 4) is 0 Å². The first kappa shape index (κ1) is 13.1. The van der Waals surface area contributed by atoms with Crippen LogP contribution in [0.5, 0.6) is 0 Å². The summed E-state index contributed by atoms with van der Waals surface area (Å²) in [6, 6.07) is 7.32. The Morgan fingerprint density at radius 3 is 3.00 bits per heavy atom. The lowest BCUT2D eigenvalue weighted by Crippen LogP contribution is -2.04. The number of pyridine rings is 1. The van der Waals surface area contributed by atoms with Gasteiger partial charge in [0.05, 0.1) is 6.54 Å². The molecule has 6 heteroatoms. The first-order chi connectivity index (χ1) is 9.61. The van der Waals surface area contributed by atoms with E-state index in [-0.39, 0.29) is 5.43 Å². The van der Waals surface area contributed by atoms with E-state index in [0.717, 1.165) is 21.8 Å². The fourth-order valence-electron chi connectivity index (χ4n) is 2.04. The number of fused-ring (bicyclic) bond motifs is 1. The second-order valence-corrected chi connectivity index (χ2v) is 6.21.